The fourth-order valence-electron chi connectivity index (χ4n) is 6.03. The van der Waals surface area contributed by atoms with Gasteiger partial charge in [0.25, 0.3) is 0 Å². The van der Waals surface area contributed by atoms with Gasteiger partial charge in [0.2, 0.25) is 5.88 Å². The molecule has 48 heavy (non-hydrogen) atoms. The van der Waals surface area contributed by atoms with E-state index in [1.807, 2.05) is 85.4 Å². The first kappa shape index (κ1) is 31.2. The van der Waals surface area contributed by atoms with Crippen LogP contribution in [0.15, 0.2) is 54.7 Å². The van der Waals surface area contributed by atoms with Crippen molar-refractivity contribution in [3.05, 3.63) is 94.7 Å². The third-order valence-corrected chi connectivity index (χ3v) is 8.82. The molecule has 6 aromatic rings. The summed E-state index contributed by atoms with van der Waals surface area (Å²) >= 11 is 0. The molecule has 0 amide bonds. The zero-order valence-electron chi connectivity index (χ0n) is 28.0. The second-order valence-corrected chi connectivity index (χ2v) is 12.3. The third-order valence-electron chi connectivity index (χ3n) is 8.82. The Balaban J connectivity index is 0.000000152. The number of aryl methyl sites for hydroxylation is 4. The maximum atomic E-state index is 5.84. The first-order valence-electron chi connectivity index (χ1n) is 16.7. The standard InChI is InChI=1S/C18H20N6.C18H21N5O/c1-13-12-19-14(2)18-21-16(22-24(13)18)9-8-15-6-5-7-17(20-15)23-10-3-4-11-23;1-13-14(2)23-17(19-13)8-9-18(21-23)24-12-15-6-5-7-16(20-15)22-10-3-4-11-22/h5-9,12H,3-4,10-11H2,1-2H3;5-9H,3-4,10-12H2,1-2H3/b9-8+;. The van der Waals surface area contributed by atoms with Crippen LogP contribution in [0.4, 0.5) is 11.6 Å². The van der Waals surface area contributed by atoms with Crippen LogP contribution in [0.2, 0.25) is 0 Å². The number of anilines is 2. The molecular weight excluding hydrogens is 602 g/mol. The summed E-state index contributed by atoms with van der Waals surface area (Å²) in [6, 6.07) is 16.0. The Kier molecular flexibility index (Phi) is 8.95. The molecule has 2 fully saturated rings. The zero-order valence-corrected chi connectivity index (χ0v) is 28.0. The van der Waals surface area contributed by atoms with Gasteiger partial charge in [0, 0.05) is 38.4 Å². The van der Waals surface area contributed by atoms with Gasteiger partial charge in [0.15, 0.2) is 17.1 Å². The molecular formula is C36H41N11O. The van der Waals surface area contributed by atoms with Gasteiger partial charge in [-0.25, -0.2) is 29.0 Å². The second kappa shape index (κ2) is 13.8. The Morgan fingerprint density at radius 2 is 1.40 bits per heavy atom. The Hall–Kier alpha value is -5.39. The predicted octanol–water partition coefficient (Wildman–Crippen LogP) is 5.83. The summed E-state index contributed by atoms with van der Waals surface area (Å²) in [4.78, 5) is 27.4. The van der Waals surface area contributed by atoms with Gasteiger partial charge in [-0.1, -0.05) is 12.1 Å². The fraction of sp³-hybridized carbons (Fsp3) is 0.361. The van der Waals surface area contributed by atoms with Crippen LogP contribution in [0.25, 0.3) is 23.4 Å². The lowest BCUT2D eigenvalue weighted by Crippen LogP contribution is -2.19. The number of ether oxygens (including phenoxy) is 1. The van der Waals surface area contributed by atoms with Gasteiger partial charge in [-0.3, -0.25) is 4.98 Å². The summed E-state index contributed by atoms with van der Waals surface area (Å²) in [6.07, 6.45) is 10.7. The van der Waals surface area contributed by atoms with Gasteiger partial charge in [0.05, 0.1) is 34.2 Å². The van der Waals surface area contributed by atoms with Crippen molar-refractivity contribution < 1.29 is 4.74 Å². The molecule has 12 nitrogen and oxygen atoms in total. The monoisotopic (exact) mass is 643 g/mol. The SMILES string of the molecule is Cc1nc2ccc(OCc3cccc(N4CCCC4)n3)nn2c1C.Cc1ncc(C)n2nc(/C=C/c3cccc(N4CCCC4)n3)nc12. The van der Waals surface area contributed by atoms with E-state index in [9.17, 15) is 0 Å². The van der Waals surface area contributed by atoms with E-state index < -0.39 is 0 Å². The molecule has 2 saturated heterocycles. The second-order valence-electron chi connectivity index (χ2n) is 12.3. The van der Waals surface area contributed by atoms with Crippen LogP contribution in [0.3, 0.4) is 0 Å². The molecule has 12 heteroatoms. The van der Waals surface area contributed by atoms with Crippen LogP contribution in [-0.4, -0.2) is 70.3 Å². The maximum Gasteiger partial charge on any atom is 0.232 e. The summed E-state index contributed by atoms with van der Waals surface area (Å²) in [7, 11) is 0. The summed E-state index contributed by atoms with van der Waals surface area (Å²) in [5.74, 6) is 3.34. The normalized spacial score (nSPS) is 14.8. The Labute approximate surface area is 280 Å². The summed E-state index contributed by atoms with van der Waals surface area (Å²) in [5, 5.41) is 9.03. The minimum Gasteiger partial charge on any atom is -0.470 e. The Bertz CT molecular complexity index is 2030. The van der Waals surface area contributed by atoms with E-state index in [1.54, 1.807) is 0 Å². The highest BCUT2D eigenvalue weighted by Crippen LogP contribution is 2.20. The summed E-state index contributed by atoms with van der Waals surface area (Å²) in [5.41, 5.74) is 7.34. The van der Waals surface area contributed by atoms with Crippen molar-refractivity contribution in [3.63, 3.8) is 0 Å². The number of nitrogens with zero attached hydrogens (tertiary/aromatic N) is 11. The number of hydrogen-bond donors (Lipinski definition) is 0. The topological polar surface area (TPSA) is 115 Å². The van der Waals surface area contributed by atoms with Crippen molar-refractivity contribution in [2.24, 2.45) is 0 Å². The van der Waals surface area contributed by atoms with Crippen LogP contribution in [0.1, 0.15) is 65.7 Å². The van der Waals surface area contributed by atoms with Crippen molar-refractivity contribution in [3.8, 4) is 5.88 Å². The maximum absolute atomic E-state index is 5.84. The van der Waals surface area contributed by atoms with Crippen molar-refractivity contribution in [1.29, 1.82) is 0 Å². The molecule has 2 aliphatic heterocycles. The van der Waals surface area contributed by atoms with Crippen molar-refractivity contribution >= 4 is 35.1 Å². The zero-order chi connectivity index (χ0) is 33.0. The summed E-state index contributed by atoms with van der Waals surface area (Å²) < 4.78 is 9.49. The number of aromatic nitrogens is 9. The van der Waals surface area contributed by atoms with E-state index in [-0.39, 0.29) is 0 Å². The molecule has 0 N–H and O–H groups in total. The lowest BCUT2D eigenvalue weighted by Gasteiger charge is -2.16. The number of rotatable bonds is 7. The first-order valence-corrected chi connectivity index (χ1v) is 16.7. The number of imidazole rings is 1. The summed E-state index contributed by atoms with van der Waals surface area (Å²) in [6.45, 7) is 12.7. The smallest absolute Gasteiger partial charge is 0.232 e. The lowest BCUT2D eigenvalue weighted by atomic mass is 10.3. The minimum atomic E-state index is 0.410. The van der Waals surface area contributed by atoms with Gasteiger partial charge in [-0.2, -0.15) is 0 Å². The molecule has 246 valence electrons. The molecule has 8 heterocycles. The number of pyridine rings is 2. The van der Waals surface area contributed by atoms with Crippen LogP contribution in [-0.2, 0) is 6.61 Å². The van der Waals surface area contributed by atoms with E-state index in [2.05, 4.69) is 53.1 Å². The van der Waals surface area contributed by atoms with Crippen LogP contribution in [0.5, 0.6) is 5.88 Å². The molecule has 0 radical (unpaired) electrons. The molecule has 2 aliphatic rings. The average Bonchev–Trinajstić information content (AvgIpc) is 3.94. The molecule has 0 atom stereocenters. The highest BCUT2D eigenvalue weighted by molar-refractivity contribution is 5.66. The van der Waals surface area contributed by atoms with Crippen LogP contribution >= 0.6 is 0 Å². The molecule has 0 aromatic carbocycles. The van der Waals surface area contributed by atoms with Gasteiger partial charge in [-0.15, -0.1) is 10.2 Å². The van der Waals surface area contributed by atoms with E-state index in [0.29, 0.717) is 18.3 Å². The van der Waals surface area contributed by atoms with Crippen LogP contribution < -0.4 is 14.5 Å². The van der Waals surface area contributed by atoms with Crippen LogP contribution in [0, 0.1) is 27.7 Å². The highest BCUT2D eigenvalue weighted by atomic mass is 16.5. The van der Waals surface area contributed by atoms with E-state index in [1.165, 1.54) is 25.7 Å². The van der Waals surface area contributed by atoms with Crippen molar-refractivity contribution in [2.75, 3.05) is 36.0 Å². The number of hydrogen-bond acceptors (Lipinski definition) is 10. The largest absolute Gasteiger partial charge is 0.470 e. The number of fused-ring (bicyclic) bond motifs is 2. The van der Waals surface area contributed by atoms with E-state index in [4.69, 9.17) is 14.7 Å². The molecule has 0 unspecified atom stereocenters. The molecule has 8 rings (SSSR count). The third kappa shape index (κ3) is 6.83. The van der Waals surface area contributed by atoms with Gasteiger partial charge in [-0.05, 0) is 95.9 Å². The van der Waals surface area contributed by atoms with Crippen molar-refractivity contribution in [2.45, 2.75) is 60.0 Å². The highest BCUT2D eigenvalue weighted by Gasteiger charge is 2.15. The van der Waals surface area contributed by atoms with Gasteiger partial charge >= 0.3 is 0 Å². The quantitative estimate of drug-likeness (QED) is 0.211. The van der Waals surface area contributed by atoms with E-state index in [0.717, 1.165) is 83.3 Å². The van der Waals surface area contributed by atoms with Crippen molar-refractivity contribution in [1.82, 2.24) is 44.1 Å². The molecule has 0 saturated carbocycles. The predicted molar refractivity (Wildman–Crippen MR) is 187 cm³/mol. The van der Waals surface area contributed by atoms with Gasteiger partial charge < -0.3 is 14.5 Å². The average molecular weight is 644 g/mol. The Morgan fingerprint density at radius 3 is 2.12 bits per heavy atom. The molecule has 0 bridgehead atoms. The molecule has 0 aliphatic carbocycles. The molecule has 6 aromatic heterocycles. The Morgan fingerprint density at radius 1 is 0.688 bits per heavy atom. The van der Waals surface area contributed by atoms with E-state index >= 15 is 0 Å². The van der Waals surface area contributed by atoms with Gasteiger partial charge in [0.1, 0.15) is 18.2 Å². The minimum absolute atomic E-state index is 0.410. The lowest BCUT2D eigenvalue weighted by molar-refractivity contribution is 0.284. The molecule has 0 spiro atoms. The fourth-order valence-corrected chi connectivity index (χ4v) is 6.03. The first-order chi connectivity index (χ1) is 23.4.